The van der Waals surface area contributed by atoms with Crippen LogP contribution in [0.3, 0.4) is 0 Å². The van der Waals surface area contributed by atoms with Crippen molar-refractivity contribution < 1.29 is 35.9 Å². The molecule has 2 heterocycles. The topological polar surface area (TPSA) is 65.0 Å². The first-order valence-electron chi connectivity index (χ1n) is 8.18. The third kappa shape index (κ3) is 8.36. The number of carbonyl (C=O) groups is 1. The second-order valence-corrected chi connectivity index (χ2v) is 12.7. The molecule has 1 aromatic rings. The number of aromatic nitrogens is 3. The van der Waals surface area contributed by atoms with E-state index in [1.54, 1.807) is 5.41 Å². The summed E-state index contributed by atoms with van der Waals surface area (Å²) in [6.07, 6.45) is -15.0. The second kappa shape index (κ2) is 10.3. The first-order valence-corrected chi connectivity index (χ1v) is 12.1. The summed E-state index contributed by atoms with van der Waals surface area (Å²) in [6.45, 7) is 0. The van der Waals surface area contributed by atoms with Gasteiger partial charge in [0.2, 0.25) is 7.59 Å². The van der Waals surface area contributed by atoms with Gasteiger partial charge in [-0.1, -0.05) is 69.6 Å². The van der Waals surface area contributed by atoms with Crippen molar-refractivity contribution in [1.82, 2.24) is 15.0 Å². The molecule has 0 fully saturated rings. The standard InChI is InChI=1S/C15H9Cl6F6N3O2S/c16-12(17,18)10-28-8(29-11(30-10)13(19,20)21)6-1-3-33(5-6)4-2-7(31)32-9(14(22,23)24)15(25,26)27/h1,3,5,9,33H,2,4H2. The molecule has 5 nitrogen and oxygen atoms in total. The summed E-state index contributed by atoms with van der Waals surface area (Å²) < 4.78 is 74.4. The fourth-order valence-corrected chi connectivity index (χ4v) is 4.42. The van der Waals surface area contributed by atoms with E-state index in [9.17, 15) is 31.1 Å². The van der Waals surface area contributed by atoms with Gasteiger partial charge in [0.05, 0.1) is 6.42 Å². The molecule has 0 amide bonds. The van der Waals surface area contributed by atoms with Crippen molar-refractivity contribution >= 4 is 92.0 Å². The van der Waals surface area contributed by atoms with E-state index >= 15 is 0 Å². The number of thiol groups is 1. The van der Waals surface area contributed by atoms with E-state index in [1.165, 1.54) is 11.5 Å². The molecular formula is C15H9Cl6F6N3O2S. The van der Waals surface area contributed by atoms with Crippen molar-refractivity contribution in [3.63, 3.8) is 0 Å². The Morgan fingerprint density at radius 1 is 0.909 bits per heavy atom. The molecule has 1 unspecified atom stereocenters. The lowest BCUT2D eigenvalue weighted by Gasteiger charge is -2.23. The van der Waals surface area contributed by atoms with Gasteiger partial charge < -0.3 is 4.74 Å². The molecule has 0 saturated carbocycles. The molecule has 186 valence electrons. The van der Waals surface area contributed by atoms with Gasteiger partial charge in [0.15, 0.2) is 17.5 Å². The van der Waals surface area contributed by atoms with Gasteiger partial charge in [-0.2, -0.15) is 26.3 Å². The largest absolute Gasteiger partial charge is 0.443 e. The highest BCUT2D eigenvalue weighted by Crippen LogP contribution is 2.43. The Morgan fingerprint density at radius 3 is 1.82 bits per heavy atom. The van der Waals surface area contributed by atoms with Gasteiger partial charge in [-0.15, -0.1) is 0 Å². The summed E-state index contributed by atoms with van der Waals surface area (Å²) in [5.74, 6) is -2.58. The van der Waals surface area contributed by atoms with Crippen LogP contribution in [-0.4, -0.2) is 45.1 Å². The summed E-state index contributed by atoms with van der Waals surface area (Å²) in [7, 11) is -1.30. The van der Waals surface area contributed by atoms with E-state index in [0.717, 1.165) is 0 Å². The highest BCUT2D eigenvalue weighted by atomic mass is 35.6. The average Bonchev–Trinajstić information content (AvgIpc) is 3.10. The minimum absolute atomic E-state index is 0.0781. The maximum absolute atomic E-state index is 12.5. The highest BCUT2D eigenvalue weighted by molar-refractivity contribution is 8.22. The van der Waals surface area contributed by atoms with Crippen molar-refractivity contribution in [2.45, 2.75) is 32.5 Å². The third-order valence-corrected chi connectivity index (χ3v) is 6.47. The number of rotatable bonds is 5. The fourth-order valence-electron chi connectivity index (χ4n) is 2.20. The lowest BCUT2D eigenvalue weighted by Crippen LogP contribution is -2.45. The number of halogens is 12. The Hall–Kier alpha value is -0.370. The average molecular weight is 622 g/mol. The minimum atomic E-state index is -5.79. The van der Waals surface area contributed by atoms with Crippen LogP contribution in [0, 0.1) is 0 Å². The van der Waals surface area contributed by atoms with E-state index in [2.05, 4.69) is 19.7 Å². The highest BCUT2D eigenvalue weighted by Gasteiger charge is 2.59. The number of esters is 1. The summed E-state index contributed by atoms with van der Waals surface area (Å²) in [4.78, 5) is 23.3. The smallest absolute Gasteiger partial charge is 0.434 e. The Labute approximate surface area is 214 Å². The van der Waals surface area contributed by atoms with Gasteiger partial charge in [0.25, 0.3) is 6.10 Å². The Bertz CT molecular complexity index is 915. The summed E-state index contributed by atoms with van der Waals surface area (Å²) in [6, 6.07) is 0. The first-order chi connectivity index (χ1) is 14.8. The van der Waals surface area contributed by atoms with Crippen LogP contribution in [0.4, 0.5) is 26.3 Å². The van der Waals surface area contributed by atoms with Gasteiger partial charge in [-0.25, -0.2) is 25.8 Å². The fraction of sp³-hybridized carbons (Fsp3) is 0.467. The molecule has 1 atom stereocenters. The molecule has 1 aliphatic rings. The number of allylic oxidation sites excluding steroid dienone is 2. The molecule has 0 radical (unpaired) electrons. The number of hydrogen-bond acceptors (Lipinski definition) is 5. The van der Waals surface area contributed by atoms with Gasteiger partial charge in [0.1, 0.15) is 0 Å². The molecule has 0 saturated heterocycles. The van der Waals surface area contributed by atoms with Gasteiger partial charge in [0, 0.05) is 5.57 Å². The predicted octanol–water partition coefficient (Wildman–Crippen LogP) is 6.82. The van der Waals surface area contributed by atoms with Crippen molar-refractivity contribution in [2.24, 2.45) is 0 Å². The predicted molar refractivity (Wildman–Crippen MR) is 116 cm³/mol. The van der Waals surface area contributed by atoms with Crippen LogP contribution in [-0.2, 0) is 17.1 Å². The van der Waals surface area contributed by atoms with Crippen LogP contribution in [0.1, 0.15) is 23.9 Å². The van der Waals surface area contributed by atoms with Crippen LogP contribution in [0.5, 0.6) is 0 Å². The summed E-state index contributed by atoms with van der Waals surface area (Å²) >= 11 is 34.7. The SMILES string of the molecule is O=C(CC[SH]1C=CC(c2nc(C(Cl)(Cl)Cl)nc(C(Cl)(Cl)Cl)n2)=C1)OC(C(F)(F)F)C(F)(F)F. The van der Waals surface area contributed by atoms with E-state index in [-0.39, 0.29) is 23.2 Å². The zero-order valence-corrected chi connectivity index (χ0v) is 20.8. The minimum Gasteiger partial charge on any atom is -0.443 e. The molecule has 0 bridgehead atoms. The van der Waals surface area contributed by atoms with E-state index in [4.69, 9.17) is 69.6 Å². The maximum Gasteiger partial charge on any atom is 0.434 e. The van der Waals surface area contributed by atoms with Crippen LogP contribution >= 0.6 is 80.5 Å². The number of carbonyl (C=O) groups excluding carboxylic acids is 1. The summed E-state index contributed by atoms with van der Waals surface area (Å²) in [5.41, 5.74) is 0.311. The number of ether oxygens (including phenoxy) is 1. The molecule has 2 rings (SSSR count). The van der Waals surface area contributed by atoms with Crippen molar-refractivity contribution in [1.29, 1.82) is 0 Å². The maximum atomic E-state index is 12.5. The molecule has 1 aromatic heterocycles. The van der Waals surface area contributed by atoms with Crippen LogP contribution in [0.25, 0.3) is 5.57 Å². The van der Waals surface area contributed by atoms with Crippen molar-refractivity contribution in [2.75, 3.05) is 5.75 Å². The number of alkyl halides is 12. The summed E-state index contributed by atoms with van der Waals surface area (Å²) in [5, 5.41) is 3.07. The van der Waals surface area contributed by atoms with Gasteiger partial charge in [-0.05, 0) is 22.6 Å². The third-order valence-electron chi connectivity index (χ3n) is 3.57. The van der Waals surface area contributed by atoms with Gasteiger partial charge >= 0.3 is 18.3 Å². The van der Waals surface area contributed by atoms with Crippen LogP contribution in [0.2, 0.25) is 0 Å². The molecule has 1 aliphatic heterocycles. The van der Waals surface area contributed by atoms with Gasteiger partial charge in [-0.3, -0.25) is 4.79 Å². The lowest BCUT2D eigenvalue weighted by atomic mass is 10.3. The van der Waals surface area contributed by atoms with E-state index < -0.39 is 49.3 Å². The van der Waals surface area contributed by atoms with E-state index in [1.807, 2.05) is 0 Å². The van der Waals surface area contributed by atoms with Crippen molar-refractivity contribution in [3.05, 3.63) is 34.4 Å². The van der Waals surface area contributed by atoms with Crippen molar-refractivity contribution in [3.8, 4) is 0 Å². The van der Waals surface area contributed by atoms with E-state index in [0.29, 0.717) is 5.57 Å². The Balaban J connectivity index is 2.15. The monoisotopic (exact) mass is 619 g/mol. The van der Waals surface area contributed by atoms with Crippen LogP contribution < -0.4 is 0 Å². The molecule has 33 heavy (non-hydrogen) atoms. The normalized spacial score (nSPS) is 18.6. The lowest BCUT2D eigenvalue weighted by molar-refractivity contribution is -0.313. The molecule has 0 N–H and O–H groups in total. The molecule has 18 heteroatoms. The zero-order valence-electron chi connectivity index (χ0n) is 15.4. The molecular weight excluding hydrogens is 613 g/mol. The zero-order chi connectivity index (χ0) is 25.4. The molecule has 0 spiro atoms. The Morgan fingerprint density at radius 2 is 1.39 bits per heavy atom. The second-order valence-electron chi connectivity index (χ2n) is 6.14. The number of hydrogen-bond donors (Lipinski definition) is 1. The Kier molecular flexibility index (Phi) is 9.02. The first kappa shape index (κ1) is 28.9. The van der Waals surface area contributed by atoms with Crippen LogP contribution in [0.15, 0.2) is 16.9 Å². The molecule has 0 aromatic carbocycles. The number of nitrogens with zero attached hydrogens (tertiary/aromatic N) is 3. The molecule has 0 aliphatic carbocycles. The quantitative estimate of drug-likeness (QED) is 0.169.